The smallest absolute Gasteiger partial charge is 0.271 e. The zero-order valence-corrected chi connectivity index (χ0v) is 13.0. The summed E-state index contributed by atoms with van der Waals surface area (Å²) in [6, 6.07) is 5.18. The Balaban J connectivity index is 2.19. The molecule has 1 fully saturated rings. The van der Waals surface area contributed by atoms with Crippen LogP contribution in [0.5, 0.6) is 0 Å². The van der Waals surface area contributed by atoms with Crippen molar-refractivity contribution in [3.63, 3.8) is 0 Å². The van der Waals surface area contributed by atoms with Gasteiger partial charge < -0.3 is 10.2 Å². The molecular formula is C16H25N3O2. The number of hydrogen-bond donors (Lipinski definition) is 1. The van der Waals surface area contributed by atoms with Crippen molar-refractivity contribution >= 4 is 11.4 Å². The molecule has 0 aromatic heterocycles. The van der Waals surface area contributed by atoms with Crippen molar-refractivity contribution in [2.45, 2.75) is 33.1 Å². The second-order valence-electron chi connectivity index (χ2n) is 5.87. The van der Waals surface area contributed by atoms with Crippen molar-refractivity contribution in [2.24, 2.45) is 5.92 Å². The SMILES string of the molecule is CCCN(CC1CCNCC1)c1cc([N+](=O)[O-])ccc1C. The molecule has 0 unspecified atom stereocenters. The minimum atomic E-state index is -0.308. The third kappa shape index (κ3) is 4.17. The largest absolute Gasteiger partial charge is 0.371 e. The number of rotatable bonds is 6. The van der Waals surface area contributed by atoms with Crippen LogP contribution in [0.1, 0.15) is 31.7 Å². The van der Waals surface area contributed by atoms with Crippen LogP contribution in [-0.2, 0) is 0 Å². The first-order valence-corrected chi connectivity index (χ1v) is 7.82. The monoisotopic (exact) mass is 291 g/mol. The van der Waals surface area contributed by atoms with Crippen molar-refractivity contribution in [1.82, 2.24) is 5.32 Å². The highest BCUT2D eigenvalue weighted by molar-refractivity contribution is 5.58. The van der Waals surface area contributed by atoms with Crippen molar-refractivity contribution < 1.29 is 4.92 Å². The Labute approximate surface area is 126 Å². The molecule has 5 nitrogen and oxygen atoms in total. The Morgan fingerprint density at radius 1 is 1.38 bits per heavy atom. The van der Waals surface area contributed by atoms with Crippen LogP contribution in [0.15, 0.2) is 18.2 Å². The van der Waals surface area contributed by atoms with E-state index in [1.165, 1.54) is 12.8 Å². The summed E-state index contributed by atoms with van der Waals surface area (Å²) in [5.74, 6) is 0.677. The summed E-state index contributed by atoms with van der Waals surface area (Å²) in [6.07, 6.45) is 3.43. The van der Waals surface area contributed by atoms with Crippen LogP contribution in [-0.4, -0.2) is 31.1 Å². The Hall–Kier alpha value is -1.62. The van der Waals surface area contributed by atoms with Crippen LogP contribution >= 0.6 is 0 Å². The molecule has 1 aromatic rings. The highest BCUT2D eigenvalue weighted by Gasteiger charge is 2.19. The molecule has 0 radical (unpaired) electrons. The maximum absolute atomic E-state index is 11.0. The summed E-state index contributed by atoms with van der Waals surface area (Å²) in [5, 5.41) is 14.4. The molecule has 0 atom stereocenters. The Bertz CT molecular complexity index is 484. The van der Waals surface area contributed by atoms with Crippen molar-refractivity contribution in [1.29, 1.82) is 0 Å². The fourth-order valence-electron chi connectivity index (χ4n) is 3.01. The molecule has 5 heteroatoms. The molecule has 1 aromatic carbocycles. The topological polar surface area (TPSA) is 58.4 Å². The van der Waals surface area contributed by atoms with Gasteiger partial charge in [0.15, 0.2) is 0 Å². The standard InChI is InChI=1S/C16H25N3O2/c1-3-10-18(12-14-6-8-17-9-7-14)16-11-15(19(20)21)5-4-13(16)2/h4-5,11,14,17H,3,6-10,12H2,1-2H3. The Morgan fingerprint density at radius 2 is 2.10 bits per heavy atom. The molecule has 1 heterocycles. The first-order chi connectivity index (χ1) is 10.1. The molecule has 21 heavy (non-hydrogen) atoms. The van der Waals surface area contributed by atoms with E-state index in [-0.39, 0.29) is 10.6 Å². The minimum absolute atomic E-state index is 0.182. The average molecular weight is 291 g/mol. The maximum Gasteiger partial charge on any atom is 0.271 e. The fraction of sp³-hybridized carbons (Fsp3) is 0.625. The molecule has 1 aliphatic heterocycles. The van der Waals surface area contributed by atoms with Gasteiger partial charge in [-0.1, -0.05) is 13.0 Å². The van der Waals surface area contributed by atoms with Gasteiger partial charge >= 0.3 is 0 Å². The number of piperidine rings is 1. The van der Waals surface area contributed by atoms with Crippen LogP contribution < -0.4 is 10.2 Å². The molecular weight excluding hydrogens is 266 g/mol. The summed E-state index contributed by atoms with van der Waals surface area (Å²) >= 11 is 0. The van der Waals surface area contributed by atoms with Crippen molar-refractivity contribution in [3.8, 4) is 0 Å². The number of nitro groups is 1. The molecule has 1 aliphatic rings. The summed E-state index contributed by atoms with van der Waals surface area (Å²) in [5.41, 5.74) is 2.31. The van der Waals surface area contributed by atoms with Gasteiger partial charge in [0.2, 0.25) is 0 Å². The number of anilines is 1. The lowest BCUT2D eigenvalue weighted by Gasteiger charge is -2.32. The van der Waals surface area contributed by atoms with Gasteiger partial charge in [0.1, 0.15) is 0 Å². The van der Waals surface area contributed by atoms with E-state index >= 15 is 0 Å². The molecule has 0 bridgehead atoms. The van der Waals surface area contributed by atoms with E-state index in [2.05, 4.69) is 17.1 Å². The van der Waals surface area contributed by atoms with Gasteiger partial charge in [0, 0.05) is 30.9 Å². The molecule has 1 N–H and O–H groups in total. The molecule has 0 aliphatic carbocycles. The molecule has 1 saturated heterocycles. The van der Waals surface area contributed by atoms with Gasteiger partial charge in [0.05, 0.1) is 4.92 Å². The Morgan fingerprint density at radius 3 is 2.71 bits per heavy atom. The summed E-state index contributed by atoms with van der Waals surface area (Å²) in [7, 11) is 0. The molecule has 0 amide bonds. The van der Waals surface area contributed by atoms with Gasteiger partial charge in [-0.05, 0) is 50.8 Å². The average Bonchev–Trinajstić information content (AvgIpc) is 2.48. The lowest BCUT2D eigenvalue weighted by atomic mass is 9.97. The summed E-state index contributed by atoms with van der Waals surface area (Å²) in [6.45, 7) is 8.30. The predicted octanol–water partition coefficient (Wildman–Crippen LogP) is 3.12. The number of non-ortho nitro benzene ring substituents is 1. The van der Waals surface area contributed by atoms with E-state index in [9.17, 15) is 10.1 Å². The van der Waals surface area contributed by atoms with E-state index in [1.807, 2.05) is 13.0 Å². The third-order valence-corrected chi connectivity index (χ3v) is 4.18. The molecule has 2 rings (SSSR count). The number of hydrogen-bond acceptors (Lipinski definition) is 4. The van der Waals surface area contributed by atoms with Crippen LogP contribution in [0, 0.1) is 23.0 Å². The number of aryl methyl sites for hydroxylation is 1. The van der Waals surface area contributed by atoms with Crippen LogP contribution in [0.4, 0.5) is 11.4 Å². The number of nitrogens with zero attached hydrogens (tertiary/aromatic N) is 2. The fourth-order valence-corrected chi connectivity index (χ4v) is 3.01. The second kappa shape index (κ2) is 7.41. The summed E-state index contributed by atoms with van der Waals surface area (Å²) < 4.78 is 0. The van der Waals surface area contributed by atoms with Gasteiger partial charge in [-0.25, -0.2) is 0 Å². The Kier molecular flexibility index (Phi) is 5.56. The highest BCUT2D eigenvalue weighted by atomic mass is 16.6. The van der Waals surface area contributed by atoms with E-state index in [4.69, 9.17) is 0 Å². The van der Waals surface area contributed by atoms with E-state index in [1.54, 1.807) is 12.1 Å². The molecule has 0 spiro atoms. The van der Waals surface area contributed by atoms with Gasteiger partial charge in [-0.2, -0.15) is 0 Å². The number of nitro benzene ring substituents is 1. The first kappa shape index (κ1) is 15.8. The second-order valence-corrected chi connectivity index (χ2v) is 5.87. The molecule has 0 saturated carbocycles. The predicted molar refractivity (Wildman–Crippen MR) is 85.9 cm³/mol. The third-order valence-electron chi connectivity index (χ3n) is 4.18. The number of nitrogens with one attached hydrogen (secondary N) is 1. The van der Waals surface area contributed by atoms with Crippen LogP contribution in [0.25, 0.3) is 0 Å². The number of benzene rings is 1. The lowest BCUT2D eigenvalue weighted by Crippen LogP contribution is -2.37. The van der Waals surface area contributed by atoms with Crippen LogP contribution in [0.3, 0.4) is 0 Å². The van der Waals surface area contributed by atoms with E-state index < -0.39 is 0 Å². The summed E-state index contributed by atoms with van der Waals surface area (Å²) in [4.78, 5) is 13.0. The highest BCUT2D eigenvalue weighted by Crippen LogP contribution is 2.27. The minimum Gasteiger partial charge on any atom is -0.371 e. The van der Waals surface area contributed by atoms with Crippen LogP contribution in [0.2, 0.25) is 0 Å². The van der Waals surface area contributed by atoms with E-state index in [0.717, 1.165) is 43.9 Å². The van der Waals surface area contributed by atoms with Gasteiger partial charge in [-0.3, -0.25) is 10.1 Å². The van der Waals surface area contributed by atoms with E-state index in [0.29, 0.717) is 5.92 Å². The maximum atomic E-state index is 11.0. The lowest BCUT2D eigenvalue weighted by molar-refractivity contribution is -0.384. The zero-order chi connectivity index (χ0) is 15.2. The van der Waals surface area contributed by atoms with Crippen molar-refractivity contribution in [3.05, 3.63) is 33.9 Å². The normalized spacial score (nSPS) is 15.9. The van der Waals surface area contributed by atoms with Crippen molar-refractivity contribution in [2.75, 3.05) is 31.1 Å². The first-order valence-electron chi connectivity index (χ1n) is 7.82. The van der Waals surface area contributed by atoms with Gasteiger partial charge in [0.25, 0.3) is 5.69 Å². The van der Waals surface area contributed by atoms with Gasteiger partial charge in [-0.15, -0.1) is 0 Å². The molecule has 116 valence electrons. The quantitative estimate of drug-likeness (QED) is 0.646. The zero-order valence-electron chi connectivity index (χ0n) is 13.0.